The maximum atomic E-state index is 13.7. The van der Waals surface area contributed by atoms with E-state index in [0.717, 1.165) is 5.56 Å². The van der Waals surface area contributed by atoms with Gasteiger partial charge < -0.3 is 24.6 Å². The molecule has 1 aliphatic heterocycles. The van der Waals surface area contributed by atoms with Gasteiger partial charge in [0.05, 0.1) is 30.2 Å². The first-order valence-corrected chi connectivity index (χ1v) is 16.4. The number of amides is 2. The van der Waals surface area contributed by atoms with Gasteiger partial charge in [-0.15, -0.1) is 0 Å². The van der Waals surface area contributed by atoms with Gasteiger partial charge in [0.25, 0.3) is 5.91 Å². The highest BCUT2D eigenvalue weighted by molar-refractivity contribution is 7.92. The Balaban J connectivity index is 1.86. The van der Waals surface area contributed by atoms with Crippen LogP contribution in [0.4, 0.5) is 0 Å². The number of hydrogen-bond donors (Lipinski definition) is 4. The molecule has 2 aromatic rings. The molecule has 13 heteroatoms. The molecule has 3 rings (SSSR count). The first-order chi connectivity index (χ1) is 20.9. The van der Waals surface area contributed by atoms with Crippen molar-refractivity contribution in [3.05, 3.63) is 54.1 Å². The van der Waals surface area contributed by atoms with Crippen molar-refractivity contribution in [1.29, 1.82) is 0 Å². The van der Waals surface area contributed by atoms with E-state index in [1.54, 1.807) is 27.0 Å². The Kier molecular flexibility index (Phi) is 13.4. The molecule has 244 valence electrons. The predicted octanol–water partition coefficient (Wildman–Crippen LogP) is 1.87. The Morgan fingerprint density at radius 3 is 2.41 bits per heavy atom. The number of fused-ring (bicyclic) bond motifs is 1. The lowest BCUT2D eigenvalue weighted by Gasteiger charge is -2.36. The second-order valence-corrected chi connectivity index (χ2v) is 13.6. The minimum Gasteiger partial charge on any atom is -0.454 e. The van der Waals surface area contributed by atoms with Crippen molar-refractivity contribution in [3.63, 3.8) is 0 Å². The van der Waals surface area contributed by atoms with Gasteiger partial charge in [0, 0.05) is 32.7 Å². The number of sulfone groups is 1. The summed E-state index contributed by atoms with van der Waals surface area (Å²) in [6.45, 7) is 7.96. The van der Waals surface area contributed by atoms with Crippen molar-refractivity contribution in [2.75, 3.05) is 40.1 Å². The number of carbonyl (C=O) groups excluding carboxylic acids is 2. The van der Waals surface area contributed by atoms with Crippen LogP contribution < -0.4 is 25.5 Å². The average Bonchev–Trinajstić information content (AvgIpc) is 3.45. The topological polar surface area (TPSA) is 156 Å². The van der Waals surface area contributed by atoms with Crippen molar-refractivity contribution in [2.24, 2.45) is 11.8 Å². The molecule has 0 radical (unpaired) electrons. The third kappa shape index (κ3) is 9.89. The van der Waals surface area contributed by atoms with Gasteiger partial charge in [0.15, 0.2) is 21.3 Å². The average molecular weight is 635 g/mol. The number of aliphatic hydroxyl groups is 1. The number of hydrazine groups is 1. The summed E-state index contributed by atoms with van der Waals surface area (Å²) in [7, 11) is -2.36. The number of nitrogens with one attached hydrogen (secondary N) is 3. The molecule has 3 atom stereocenters. The van der Waals surface area contributed by atoms with Gasteiger partial charge in [-0.05, 0) is 36.0 Å². The molecule has 0 spiro atoms. The monoisotopic (exact) mass is 634 g/mol. The van der Waals surface area contributed by atoms with E-state index in [0.29, 0.717) is 24.7 Å². The molecule has 1 heterocycles. The van der Waals surface area contributed by atoms with E-state index in [2.05, 4.69) is 16.1 Å². The molecule has 0 saturated heterocycles. The Hall–Kier alpha value is -3.23. The fraction of sp³-hybridized carbons (Fsp3) is 0.548. The van der Waals surface area contributed by atoms with E-state index in [9.17, 15) is 23.1 Å². The van der Waals surface area contributed by atoms with Gasteiger partial charge >= 0.3 is 0 Å². The molecular weight excluding hydrogens is 588 g/mol. The number of carbonyl (C=O) groups is 2. The number of nitrogens with zero attached hydrogens (tertiary/aromatic N) is 1. The summed E-state index contributed by atoms with van der Waals surface area (Å²) in [5.41, 5.74) is 3.53. The number of aliphatic hydroxyl groups excluding tert-OH is 1. The molecule has 0 aromatic heterocycles. The molecule has 44 heavy (non-hydrogen) atoms. The first kappa shape index (κ1) is 35.3. The minimum atomic E-state index is -3.92. The quantitative estimate of drug-likeness (QED) is 0.150. The Morgan fingerprint density at radius 2 is 1.75 bits per heavy atom. The molecule has 2 amide bonds. The zero-order valence-corrected chi connectivity index (χ0v) is 26.9. The van der Waals surface area contributed by atoms with E-state index in [4.69, 9.17) is 14.2 Å². The Morgan fingerprint density at radius 1 is 1.05 bits per heavy atom. The van der Waals surface area contributed by atoms with Gasteiger partial charge in [0.2, 0.25) is 12.7 Å². The van der Waals surface area contributed by atoms with Crippen molar-refractivity contribution in [1.82, 2.24) is 21.1 Å². The van der Waals surface area contributed by atoms with E-state index >= 15 is 0 Å². The number of hydrogen-bond acceptors (Lipinski definition) is 10. The van der Waals surface area contributed by atoms with Crippen LogP contribution in [0.25, 0.3) is 0 Å². The maximum absolute atomic E-state index is 13.7. The fourth-order valence-electron chi connectivity index (χ4n) is 4.86. The highest BCUT2D eigenvalue weighted by Gasteiger charge is 2.36. The number of ether oxygens (including phenoxy) is 3. The van der Waals surface area contributed by atoms with Gasteiger partial charge in [-0.1, -0.05) is 58.0 Å². The number of rotatable bonds is 17. The molecule has 0 saturated carbocycles. The molecule has 4 N–H and O–H groups in total. The van der Waals surface area contributed by atoms with Crippen LogP contribution in [-0.2, 0) is 30.6 Å². The molecule has 12 nitrogen and oxygen atoms in total. The van der Waals surface area contributed by atoms with Crippen molar-refractivity contribution in [2.45, 2.75) is 63.0 Å². The van der Waals surface area contributed by atoms with Gasteiger partial charge in [-0.3, -0.25) is 20.3 Å². The SMILES string of the molecule is COCCNCC(=O)NN(C(=O)CC(C)C)[C@@H](Cc1ccccc1)[C@H](O)CNC(C(C)C)S(=O)(=O)c1ccc2c(c1)OCO2. The lowest BCUT2D eigenvalue weighted by Crippen LogP contribution is -2.60. The van der Waals surface area contributed by atoms with E-state index < -0.39 is 33.3 Å². The third-order valence-electron chi connectivity index (χ3n) is 7.07. The van der Waals surface area contributed by atoms with Gasteiger partial charge in [-0.25, -0.2) is 13.4 Å². The van der Waals surface area contributed by atoms with Crippen LogP contribution in [0.5, 0.6) is 11.5 Å². The molecular formula is C31H46N4O8S. The molecule has 0 bridgehead atoms. The smallest absolute Gasteiger partial charge is 0.252 e. The van der Waals surface area contributed by atoms with Crippen LogP contribution in [0.1, 0.15) is 39.7 Å². The van der Waals surface area contributed by atoms with Crippen LogP contribution in [0.3, 0.4) is 0 Å². The predicted molar refractivity (Wildman–Crippen MR) is 166 cm³/mol. The molecule has 1 aliphatic rings. The Bertz CT molecular complexity index is 1320. The maximum Gasteiger partial charge on any atom is 0.252 e. The summed E-state index contributed by atoms with van der Waals surface area (Å²) < 4.78 is 43.1. The van der Waals surface area contributed by atoms with Crippen LogP contribution in [0, 0.1) is 11.8 Å². The largest absolute Gasteiger partial charge is 0.454 e. The third-order valence-corrected chi connectivity index (χ3v) is 9.36. The van der Waals surface area contributed by atoms with Crippen LogP contribution in [0.2, 0.25) is 0 Å². The van der Waals surface area contributed by atoms with Crippen LogP contribution in [0.15, 0.2) is 53.4 Å². The van der Waals surface area contributed by atoms with E-state index in [-0.39, 0.29) is 55.4 Å². The first-order valence-electron chi connectivity index (χ1n) is 14.8. The van der Waals surface area contributed by atoms with E-state index in [1.807, 2.05) is 44.2 Å². The van der Waals surface area contributed by atoms with Crippen LogP contribution in [-0.4, -0.2) is 88.0 Å². The van der Waals surface area contributed by atoms with Gasteiger partial charge in [0.1, 0.15) is 5.37 Å². The summed E-state index contributed by atoms with van der Waals surface area (Å²) >= 11 is 0. The lowest BCUT2D eigenvalue weighted by molar-refractivity contribution is -0.148. The standard InChI is InChI=1S/C31H46N4O8S/c1-21(2)15-30(38)35(34-29(37)19-32-13-14-41-5)25(16-23-9-7-6-8-10-23)26(36)18-33-31(22(3)4)44(39,40)24-11-12-27-28(17-24)43-20-42-27/h6-12,17,21-22,25-26,31-33,36H,13-16,18-20H2,1-5H3,(H,34,37)/t25-,26+,31?/m0/s1. The lowest BCUT2D eigenvalue weighted by atomic mass is 9.99. The normalized spacial score (nSPS) is 14.8. The van der Waals surface area contributed by atoms with Crippen molar-refractivity contribution >= 4 is 21.7 Å². The summed E-state index contributed by atoms with van der Waals surface area (Å²) in [5.74, 6) is -0.378. The van der Waals surface area contributed by atoms with Gasteiger partial charge in [-0.2, -0.15) is 0 Å². The second kappa shape index (κ2) is 16.7. The minimum absolute atomic E-state index is 0.00784. The summed E-state index contributed by atoms with van der Waals surface area (Å²) in [4.78, 5) is 26.5. The summed E-state index contributed by atoms with van der Waals surface area (Å²) in [6, 6.07) is 12.9. The summed E-state index contributed by atoms with van der Waals surface area (Å²) in [5, 5.41) is 17.7. The highest BCUT2D eigenvalue weighted by Crippen LogP contribution is 2.35. The second-order valence-electron chi connectivity index (χ2n) is 11.5. The Labute approximate surface area is 260 Å². The zero-order chi connectivity index (χ0) is 32.3. The number of benzene rings is 2. The molecule has 0 aliphatic carbocycles. The highest BCUT2D eigenvalue weighted by atomic mass is 32.2. The molecule has 0 fully saturated rings. The molecule has 1 unspecified atom stereocenters. The van der Waals surface area contributed by atoms with Crippen LogP contribution >= 0.6 is 0 Å². The number of methoxy groups -OCH3 is 1. The summed E-state index contributed by atoms with van der Waals surface area (Å²) in [6.07, 6.45) is -0.900. The van der Waals surface area contributed by atoms with Crippen molar-refractivity contribution in [3.8, 4) is 11.5 Å². The fourth-order valence-corrected chi connectivity index (χ4v) is 6.71. The zero-order valence-electron chi connectivity index (χ0n) is 26.1. The van der Waals surface area contributed by atoms with Crippen molar-refractivity contribution < 1.29 is 37.3 Å². The van der Waals surface area contributed by atoms with E-state index in [1.165, 1.54) is 17.1 Å². The molecule has 2 aromatic carbocycles.